The van der Waals surface area contributed by atoms with Crippen molar-refractivity contribution in [3.8, 4) is 23.0 Å². The van der Waals surface area contributed by atoms with Crippen molar-refractivity contribution in [1.82, 2.24) is 5.01 Å². The van der Waals surface area contributed by atoms with Gasteiger partial charge in [0.25, 0.3) is 0 Å². The van der Waals surface area contributed by atoms with E-state index in [1.54, 1.807) is 6.07 Å². The van der Waals surface area contributed by atoms with Crippen molar-refractivity contribution >= 4 is 11.6 Å². The highest BCUT2D eigenvalue weighted by Crippen LogP contribution is 2.38. The standard InChI is InChI=1S/C17H16N2O5/c1-9(20)19-14(10-2-5-15(22)17(24)6-10)8-13(18-19)12-4-3-11(21)7-16(12)23/h2-7,14,21-24H,8H2,1H3. The lowest BCUT2D eigenvalue weighted by molar-refractivity contribution is -0.130. The SMILES string of the molecule is CC(=O)N1N=C(c2ccc(O)cc2O)CC1c1ccc(O)c(O)c1. The number of aromatic hydroxyl groups is 4. The quantitative estimate of drug-likeness (QED) is 0.631. The highest BCUT2D eigenvalue weighted by atomic mass is 16.3. The summed E-state index contributed by atoms with van der Waals surface area (Å²) in [5.41, 5.74) is 1.52. The molecule has 124 valence electrons. The fourth-order valence-electron chi connectivity index (χ4n) is 2.73. The zero-order valence-electron chi connectivity index (χ0n) is 12.8. The number of hydrazone groups is 1. The minimum Gasteiger partial charge on any atom is -0.508 e. The first-order valence-electron chi connectivity index (χ1n) is 7.28. The zero-order chi connectivity index (χ0) is 17.4. The lowest BCUT2D eigenvalue weighted by Gasteiger charge is -2.20. The number of benzene rings is 2. The molecule has 2 aromatic rings. The van der Waals surface area contributed by atoms with Crippen LogP contribution in [0.15, 0.2) is 41.5 Å². The van der Waals surface area contributed by atoms with Crippen molar-refractivity contribution in [2.24, 2.45) is 5.10 Å². The van der Waals surface area contributed by atoms with Crippen LogP contribution in [0, 0.1) is 0 Å². The minimum absolute atomic E-state index is 0.0710. The van der Waals surface area contributed by atoms with Gasteiger partial charge in [0.15, 0.2) is 11.5 Å². The molecular weight excluding hydrogens is 312 g/mol. The van der Waals surface area contributed by atoms with Crippen LogP contribution in [0.1, 0.15) is 30.5 Å². The minimum atomic E-state index is -0.461. The van der Waals surface area contributed by atoms with Crippen LogP contribution < -0.4 is 0 Å². The number of carbonyl (C=O) groups is 1. The molecule has 0 saturated heterocycles. The predicted octanol–water partition coefficient (Wildman–Crippen LogP) is 2.21. The monoisotopic (exact) mass is 328 g/mol. The third-order valence-electron chi connectivity index (χ3n) is 3.91. The van der Waals surface area contributed by atoms with E-state index in [0.29, 0.717) is 23.3 Å². The maximum atomic E-state index is 11.9. The number of hydrogen-bond acceptors (Lipinski definition) is 6. The normalized spacial score (nSPS) is 17.0. The zero-order valence-corrected chi connectivity index (χ0v) is 12.8. The van der Waals surface area contributed by atoms with Crippen molar-refractivity contribution in [2.45, 2.75) is 19.4 Å². The van der Waals surface area contributed by atoms with Crippen LogP contribution in [-0.2, 0) is 4.79 Å². The van der Waals surface area contributed by atoms with E-state index in [9.17, 15) is 25.2 Å². The lowest BCUT2D eigenvalue weighted by Crippen LogP contribution is -2.24. The molecule has 0 fully saturated rings. The topological polar surface area (TPSA) is 114 Å². The van der Waals surface area contributed by atoms with Gasteiger partial charge in [-0.3, -0.25) is 4.79 Å². The average molecular weight is 328 g/mol. The molecule has 1 aliphatic heterocycles. The summed E-state index contributed by atoms with van der Waals surface area (Å²) in [5, 5.41) is 44.1. The number of hydrogen-bond donors (Lipinski definition) is 4. The summed E-state index contributed by atoms with van der Waals surface area (Å²) in [4.78, 5) is 11.9. The number of nitrogens with zero attached hydrogens (tertiary/aromatic N) is 2. The van der Waals surface area contributed by atoms with Crippen LogP contribution in [0.5, 0.6) is 23.0 Å². The maximum Gasteiger partial charge on any atom is 0.240 e. The predicted molar refractivity (Wildman–Crippen MR) is 86.0 cm³/mol. The van der Waals surface area contributed by atoms with Crippen molar-refractivity contribution in [2.75, 3.05) is 0 Å². The van der Waals surface area contributed by atoms with E-state index in [1.165, 1.54) is 42.3 Å². The number of rotatable bonds is 2. The summed E-state index contributed by atoms with van der Waals surface area (Å²) in [6, 6.07) is 8.02. The number of amides is 1. The van der Waals surface area contributed by atoms with E-state index in [2.05, 4.69) is 5.10 Å². The van der Waals surface area contributed by atoms with Gasteiger partial charge in [-0.05, 0) is 29.8 Å². The van der Waals surface area contributed by atoms with Crippen molar-refractivity contribution < 1.29 is 25.2 Å². The third kappa shape index (κ3) is 2.71. The first-order chi connectivity index (χ1) is 11.4. The van der Waals surface area contributed by atoms with Gasteiger partial charge in [-0.2, -0.15) is 5.10 Å². The van der Waals surface area contributed by atoms with Gasteiger partial charge in [0.2, 0.25) is 5.91 Å². The summed E-state index contributed by atoms with van der Waals surface area (Å²) in [7, 11) is 0. The van der Waals surface area contributed by atoms with Gasteiger partial charge < -0.3 is 20.4 Å². The fourth-order valence-corrected chi connectivity index (χ4v) is 2.73. The molecule has 0 bridgehead atoms. The van der Waals surface area contributed by atoms with E-state index < -0.39 is 6.04 Å². The van der Waals surface area contributed by atoms with Crippen LogP contribution in [-0.4, -0.2) is 37.1 Å². The molecule has 0 spiro atoms. The van der Waals surface area contributed by atoms with Crippen molar-refractivity contribution in [3.63, 3.8) is 0 Å². The molecule has 0 radical (unpaired) electrons. The Labute approximate surface area is 137 Å². The Bertz CT molecular complexity index is 847. The molecule has 0 aliphatic carbocycles. The molecule has 1 heterocycles. The molecule has 2 aromatic carbocycles. The molecule has 7 heteroatoms. The van der Waals surface area contributed by atoms with Crippen molar-refractivity contribution in [3.05, 3.63) is 47.5 Å². The highest BCUT2D eigenvalue weighted by Gasteiger charge is 2.32. The van der Waals surface area contributed by atoms with Gasteiger partial charge in [0, 0.05) is 25.0 Å². The Hall–Kier alpha value is -3.22. The van der Waals surface area contributed by atoms with Crippen LogP contribution in [0.3, 0.4) is 0 Å². The van der Waals surface area contributed by atoms with Crippen LogP contribution >= 0.6 is 0 Å². The van der Waals surface area contributed by atoms with Gasteiger partial charge in [-0.25, -0.2) is 5.01 Å². The Balaban J connectivity index is 1.99. The molecule has 0 aromatic heterocycles. The summed E-state index contributed by atoms with van der Waals surface area (Å²) in [6.07, 6.45) is 0.322. The van der Waals surface area contributed by atoms with Gasteiger partial charge in [0.05, 0.1) is 11.8 Å². The molecule has 0 saturated carbocycles. The van der Waals surface area contributed by atoms with Crippen molar-refractivity contribution in [1.29, 1.82) is 0 Å². The first-order valence-corrected chi connectivity index (χ1v) is 7.28. The average Bonchev–Trinajstić information content (AvgIpc) is 2.95. The summed E-state index contributed by atoms with van der Waals surface area (Å²) in [5.74, 6) is -1.02. The smallest absolute Gasteiger partial charge is 0.240 e. The molecule has 3 rings (SSSR count). The summed E-state index contributed by atoms with van der Waals surface area (Å²) >= 11 is 0. The Kier molecular flexibility index (Phi) is 3.76. The third-order valence-corrected chi connectivity index (χ3v) is 3.91. The maximum absolute atomic E-state index is 11.9. The fraction of sp³-hybridized carbons (Fsp3) is 0.176. The van der Waals surface area contributed by atoms with E-state index in [0.717, 1.165) is 0 Å². The molecule has 1 aliphatic rings. The second-order valence-electron chi connectivity index (χ2n) is 5.58. The Morgan fingerprint density at radius 3 is 2.42 bits per heavy atom. The van der Waals surface area contributed by atoms with E-state index in [4.69, 9.17) is 0 Å². The van der Waals surface area contributed by atoms with Gasteiger partial charge >= 0.3 is 0 Å². The van der Waals surface area contributed by atoms with E-state index in [-0.39, 0.29) is 28.9 Å². The first kappa shape index (κ1) is 15.7. The largest absolute Gasteiger partial charge is 0.508 e. The number of phenols is 4. The van der Waals surface area contributed by atoms with Crippen LogP contribution in [0.2, 0.25) is 0 Å². The van der Waals surface area contributed by atoms with E-state index in [1.807, 2.05) is 0 Å². The molecule has 7 nitrogen and oxygen atoms in total. The van der Waals surface area contributed by atoms with Gasteiger partial charge in [0.1, 0.15) is 11.5 Å². The number of phenolic OH excluding ortho intramolecular Hbond substituents is 4. The molecule has 24 heavy (non-hydrogen) atoms. The van der Waals surface area contributed by atoms with Crippen LogP contribution in [0.4, 0.5) is 0 Å². The molecule has 1 amide bonds. The summed E-state index contributed by atoms with van der Waals surface area (Å²) < 4.78 is 0. The molecular formula is C17H16N2O5. The Morgan fingerprint density at radius 2 is 1.79 bits per heavy atom. The second-order valence-corrected chi connectivity index (χ2v) is 5.58. The molecule has 1 unspecified atom stereocenters. The van der Waals surface area contributed by atoms with Gasteiger partial charge in [-0.1, -0.05) is 6.07 Å². The molecule has 1 atom stereocenters. The number of carbonyl (C=O) groups excluding carboxylic acids is 1. The lowest BCUT2D eigenvalue weighted by atomic mass is 9.97. The second kappa shape index (κ2) is 5.77. The summed E-state index contributed by atoms with van der Waals surface area (Å²) in [6.45, 7) is 1.37. The highest BCUT2D eigenvalue weighted by molar-refractivity contribution is 6.05. The molecule has 4 N–H and O–H groups in total. The van der Waals surface area contributed by atoms with Crippen LogP contribution in [0.25, 0.3) is 0 Å². The van der Waals surface area contributed by atoms with Gasteiger partial charge in [-0.15, -0.1) is 0 Å². The Morgan fingerprint density at radius 1 is 1.04 bits per heavy atom. The van der Waals surface area contributed by atoms with E-state index >= 15 is 0 Å².